The van der Waals surface area contributed by atoms with E-state index >= 15 is 0 Å². The van der Waals surface area contributed by atoms with Gasteiger partial charge in [-0.05, 0) is 24.3 Å². The number of hydrazine groups is 1. The molecule has 0 saturated carbocycles. The third-order valence-corrected chi connectivity index (χ3v) is 3.24. The summed E-state index contributed by atoms with van der Waals surface area (Å²) in [6, 6.07) is 15.0. The summed E-state index contributed by atoms with van der Waals surface area (Å²) in [4.78, 5) is 4.46. The average Bonchev–Trinajstić information content (AvgIpc) is 2.53. The van der Waals surface area contributed by atoms with Crippen LogP contribution in [-0.4, -0.2) is 11.3 Å². The first kappa shape index (κ1) is 17.8. The third-order valence-electron chi connectivity index (χ3n) is 3.24. The fourth-order valence-corrected chi connectivity index (χ4v) is 2.28. The molecule has 3 rings (SSSR count). The van der Waals surface area contributed by atoms with Crippen molar-refractivity contribution < 1.29 is 17.9 Å². The number of anilines is 1. The molecule has 1 aromatic heterocycles. The zero-order chi connectivity index (χ0) is 16.4. The number of aromatic nitrogens is 1. The highest BCUT2D eigenvalue weighted by Gasteiger charge is 2.31. The van der Waals surface area contributed by atoms with Crippen molar-refractivity contribution >= 4 is 29.0 Å². The van der Waals surface area contributed by atoms with Crippen LogP contribution >= 0.6 is 12.4 Å². The minimum Gasteiger partial charge on any atom is -0.406 e. The second kappa shape index (κ2) is 6.94. The lowest BCUT2D eigenvalue weighted by molar-refractivity contribution is -0.274. The van der Waals surface area contributed by atoms with Crippen LogP contribution in [0.4, 0.5) is 18.9 Å². The quantitative estimate of drug-likeness (QED) is 0.536. The SMILES string of the molecule is Cl.NNc1cc(-c2ccccc2)nc2ccc(OC(F)(F)F)cc12. The molecule has 1 heterocycles. The molecule has 4 nitrogen and oxygen atoms in total. The van der Waals surface area contributed by atoms with Crippen LogP contribution in [0.5, 0.6) is 5.75 Å². The lowest BCUT2D eigenvalue weighted by Gasteiger charge is -2.12. The molecule has 0 atom stereocenters. The second-order valence-electron chi connectivity index (χ2n) is 4.79. The second-order valence-corrected chi connectivity index (χ2v) is 4.79. The number of nitrogens with two attached hydrogens (primary N) is 1. The smallest absolute Gasteiger partial charge is 0.406 e. The summed E-state index contributed by atoms with van der Waals surface area (Å²) in [6.07, 6.45) is -4.75. The zero-order valence-corrected chi connectivity index (χ0v) is 13.0. The number of nitrogens with zero attached hydrogens (tertiary/aromatic N) is 1. The van der Waals surface area contributed by atoms with Gasteiger partial charge in [0, 0.05) is 10.9 Å². The number of hydrogen-bond acceptors (Lipinski definition) is 4. The Morgan fingerprint density at radius 3 is 2.33 bits per heavy atom. The summed E-state index contributed by atoms with van der Waals surface area (Å²) < 4.78 is 40.9. The Labute approximate surface area is 141 Å². The van der Waals surface area contributed by atoms with Crippen LogP contribution in [0.1, 0.15) is 0 Å². The fraction of sp³-hybridized carbons (Fsp3) is 0.0625. The maximum absolute atomic E-state index is 12.3. The number of nitrogens with one attached hydrogen (secondary N) is 1. The molecule has 0 saturated heterocycles. The van der Waals surface area contributed by atoms with Crippen LogP contribution < -0.4 is 16.0 Å². The monoisotopic (exact) mass is 355 g/mol. The Hall–Kier alpha value is -2.51. The van der Waals surface area contributed by atoms with E-state index in [1.165, 1.54) is 18.2 Å². The van der Waals surface area contributed by atoms with E-state index in [4.69, 9.17) is 5.84 Å². The third kappa shape index (κ3) is 3.87. The van der Waals surface area contributed by atoms with Crippen LogP contribution in [0.3, 0.4) is 0 Å². The van der Waals surface area contributed by atoms with Crippen molar-refractivity contribution in [3.63, 3.8) is 0 Å². The Morgan fingerprint density at radius 1 is 1.00 bits per heavy atom. The molecular weight excluding hydrogens is 343 g/mol. The van der Waals surface area contributed by atoms with Gasteiger partial charge < -0.3 is 10.2 Å². The summed E-state index contributed by atoms with van der Waals surface area (Å²) in [5.41, 5.74) is 5.00. The van der Waals surface area contributed by atoms with Gasteiger partial charge in [-0.15, -0.1) is 25.6 Å². The summed E-state index contributed by atoms with van der Waals surface area (Å²) >= 11 is 0. The number of hydrogen-bond donors (Lipinski definition) is 2. The number of rotatable bonds is 3. The van der Waals surface area contributed by atoms with Crippen molar-refractivity contribution in [3.8, 4) is 17.0 Å². The lowest BCUT2D eigenvalue weighted by Crippen LogP contribution is -2.17. The number of alkyl halides is 3. The Balaban J connectivity index is 0.00000208. The van der Waals surface area contributed by atoms with E-state index in [2.05, 4.69) is 15.1 Å². The Morgan fingerprint density at radius 2 is 1.71 bits per heavy atom. The first-order valence-corrected chi connectivity index (χ1v) is 6.69. The van der Waals surface area contributed by atoms with Crippen LogP contribution in [0.25, 0.3) is 22.2 Å². The molecule has 3 aromatic rings. The summed E-state index contributed by atoms with van der Waals surface area (Å²) in [7, 11) is 0. The fourth-order valence-electron chi connectivity index (χ4n) is 2.28. The van der Waals surface area contributed by atoms with Crippen molar-refractivity contribution in [1.29, 1.82) is 0 Å². The van der Waals surface area contributed by atoms with Crippen LogP contribution in [0, 0.1) is 0 Å². The number of nitrogen functional groups attached to an aromatic ring is 1. The lowest BCUT2D eigenvalue weighted by atomic mass is 10.1. The van der Waals surface area contributed by atoms with Crippen molar-refractivity contribution in [2.24, 2.45) is 5.84 Å². The predicted molar refractivity (Wildman–Crippen MR) is 88.9 cm³/mol. The minimum absolute atomic E-state index is 0. The molecule has 8 heteroatoms. The molecule has 0 spiro atoms. The molecule has 3 N–H and O–H groups in total. The molecule has 24 heavy (non-hydrogen) atoms. The maximum Gasteiger partial charge on any atom is 0.573 e. The first-order valence-electron chi connectivity index (χ1n) is 6.69. The molecule has 0 aliphatic heterocycles. The number of halogens is 4. The number of benzene rings is 2. The Bertz CT molecular complexity index is 841. The van der Waals surface area contributed by atoms with Gasteiger partial charge >= 0.3 is 6.36 Å². The van der Waals surface area contributed by atoms with Crippen molar-refractivity contribution in [2.45, 2.75) is 6.36 Å². The number of pyridine rings is 1. The largest absolute Gasteiger partial charge is 0.573 e. The highest BCUT2D eigenvalue weighted by molar-refractivity contribution is 5.94. The van der Waals surface area contributed by atoms with Gasteiger partial charge in [0.25, 0.3) is 0 Å². The molecule has 0 bridgehead atoms. The van der Waals surface area contributed by atoms with Crippen molar-refractivity contribution in [1.82, 2.24) is 4.98 Å². The van der Waals surface area contributed by atoms with E-state index in [9.17, 15) is 13.2 Å². The molecule has 0 unspecified atom stereocenters. The Kier molecular flexibility index (Phi) is 5.16. The van der Waals surface area contributed by atoms with Gasteiger partial charge in [0.1, 0.15) is 5.75 Å². The predicted octanol–water partition coefficient (Wildman–Crippen LogP) is 4.51. The van der Waals surface area contributed by atoms with Crippen molar-refractivity contribution in [2.75, 3.05) is 5.43 Å². The molecule has 0 radical (unpaired) electrons. The standard InChI is InChI=1S/C16H12F3N3O.ClH/c17-16(18,19)23-11-6-7-13-12(8-11)15(22-20)9-14(21-13)10-4-2-1-3-5-10;/h1-9H,20H2,(H,21,22);1H. The zero-order valence-electron chi connectivity index (χ0n) is 12.2. The molecule has 2 aromatic carbocycles. The van der Waals surface area contributed by atoms with Gasteiger partial charge in [-0.2, -0.15) is 0 Å². The van der Waals surface area contributed by atoms with E-state index in [-0.39, 0.29) is 18.2 Å². The number of ether oxygens (including phenoxy) is 1. The summed E-state index contributed by atoms with van der Waals surface area (Å²) in [5.74, 6) is 5.18. The molecule has 126 valence electrons. The average molecular weight is 356 g/mol. The van der Waals surface area contributed by atoms with E-state index in [1.54, 1.807) is 6.07 Å². The van der Waals surface area contributed by atoms with Gasteiger partial charge in [0.15, 0.2) is 0 Å². The summed E-state index contributed by atoms with van der Waals surface area (Å²) in [6.45, 7) is 0. The van der Waals surface area contributed by atoms with Crippen molar-refractivity contribution in [3.05, 3.63) is 54.6 Å². The molecule has 0 amide bonds. The molecule has 0 aliphatic rings. The number of fused-ring (bicyclic) bond motifs is 1. The van der Waals surface area contributed by atoms with Crippen LogP contribution in [-0.2, 0) is 0 Å². The molecular formula is C16H13ClF3N3O. The van der Waals surface area contributed by atoms with Gasteiger partial charge in [0.2, 0.25) is 0 Å². The highest BCUT2D eigenvalue weighted by atomic mass is 35.5. The topological polar surface area (TPSA) is 60.2 Å². The maximum atomic E-state index is 12.3. The normalized spacial score (nSPS) is 11.0. The van der Waals surface area contributed by atoms with Gasteiger partial charge in [-0.1, -0.05) is 30.3 Å². The van der Waals surface area contributed by atoms with Gasteiger partial charge in [-0.25, -0.2) is 4.98 Å². The molecule has 0 aliphatic carbocycles. The molecule has 0 fully saturated rings. The van der Waals surface area contributed by atoms with E-state index in [1.807, 2.05) is 30.3 Å². The highest BCUT2D eigenvalue weighted by Crippen LogP contribution is 2.32. The van der Waals surface area contributed by atoms with E-state index in [0.717, 1.165) is 5.56 Å². The minimum atomic E-state index is -4.75. The first-order chi connectivity index (χ1) is 11.0. The van der Waals surface area contributed by atoms with E-state index in [0.29, 0.717) is 22.3 Å². The van der Waals surface area contributed by atoms with Crippen LogP contribution in [0.2, 0.25) is 0 Å². The van der Waals surface area contributed by atoms with Crippen LogP contribution in [0.15, 0.2) is 54.6 Å². The van der Waals surface area contributed by atoms with Gasteiger partial charge in [0.05, 0.1) is 16.9 Å². The summed E-state index contributed by atoms with van der Waals surface area (Å²) in [5, 5.41) is 0.439. The van der Waals surface area contributed by atoms with Gasteiger partial charge in [-0.3, -0.25) is 5.84 Å². The van der Waals surface area contributed by atoms with E-state index < -0.39 is 6.36 Å².